The summed E-state index contributed by atoms with van der Waals surface area (Å²) in [6.45, 7) is 3.44. The average Bonchev–Trinajstić information content (AvgIpc) is 2.68. The molecule has 1 saturated heterocycles. The molecule has 8 nitrogen and oxygen atoms in total. The zero-order chi connectivity index (χ0) is 21.6. The van der Waals surface area contributed by atoms with Gasteiger partial charge in [0.1, 0.15) is 5.75 Å². The van der Waals surface area contributed by atoms with Crippen molar-refractivity contribution in [3.8, 4) is 11.8 Å². The number of piperidine rings is 1. The van der Waals surface area contributed by atoms with E-state index in [0.717, 1.165) is 32.5 Å². The third kappa shape index (κ3) is 6.33. The van der Waals surface area contributed by atoms with Crippen LogP contribution in [0.4, 0.5) is 18.9 Å². The maximum Gasteiger partial charge on any atom is 0.490 e. The number of fused-ring (bicyclic) bond motifs is 1. The van der Waals surface area contributed by atoms with Gasteiger partial charge < -0.3 is 25.4 Å². The summed E-state index contributed by atoms with van der Waals surface area (Å²) in [6, 6.07) is 7.60. The van der Waals surface area contributed by atoms with E-state index in [4.69, 9.17) is 25.6 Å². The molecule has 2 aliphatic rings. The van der Waals surface area contributed by atoms with Crippen molar-refractivity contribution in [1.82, 2.24) is 4.90 Å². The molecule has 0 atom stereocenters. The van der Waals surface area contributed by atoms with Crippen molar-refractivity contribution < 1.29 is 32.6 Å². The first kappa shape index (κ1) is 22.4. The molecule has 0 saturated carbocycles. The van der Waals surface area contributed by atoms with Crippen LogP contribution in [0.2, 0.25) is 0 Å². The summed E-state index contributed by atoms with van der Waals surface area (Å²) in [5.74, 6) is -2.15. The fourth-order valence-electron chi connectivity index (χ4n) is 2.93. The third-order valence-corrected chi connectivity index (χ3v) is 4.55. The number of amides is 1. The van der Waals surface area contributed by atoms with Crippen molar-refractivity contribution in [3.05, 3.63) is 23.8 Å². The van der Waals surface area contributed by atoms with Crippen LogP contribution in [0, 0.1) is 11.3 Å². The standard InChI is InChI=1S/C16H20N4O2.C2HF3O2/c17-10-12-1-2-15-14(9-12)20(16(21)11-22-15)8-7-19-5-3-13(18)4-6-19;3-2(4,5)1(6)7/h1-2,9,13H,3-8,11,18H2;(H,6,7). The number of nitrogens with zero attached hydrogens (tertiary/aromatic N) is 3. The Morgan fingerprint density at radius 2 is 1.93 bits per heavy atom. The van der Waals surface area contributed by atoms with E-state index in [-0.39, 0.29) is 12.5 Å². The van der Waals surface area contributed by atoms with Gasteiger partial charge in [-0.2, -0.15) is 18.4 Å². The summed E-state index contributed by atoms with van der Waals surface area (Å²) < 4.78 is 37.2. The first-order valence-electron chi connectivity index (χ1n) is 8.87. The number of benzene rings is 1. The Bertz CT molecular complexity index is 786. The van der Waals surface area contributed by atoms with Crippen molar-refractivity contribution in [2.75, 3.05) is 37.7 Å². The van der Waals surface area contributed by atoms with Crippen LogP contribution in [0.1, 0.15) is 18.4 Å². The van der Waals surface area contributed by atoms with E-state index in [0.29, 0.717) is 29.6 Å². The highest BCUT2D eigenvalue weighted by Crippen LogP contribution is 2.32. The lowest BCUT2D eigenvalue weighted by Crippen LogP contribution is -2.46. The molecule has 1 fully saturated rings. The van der Waals surface area contributed by atoms with Crippen LogP contribution in [0.15, 0.2) is 18.2 Å². The lowest BCUT2D eigenvalue weighted by molar-refractivity contribution is -0.192. The lowest BCUT2D eigenvalue weighted by Gasteiger charge is -2.34. The van der Waals surface area contributed by atoms with Crippen LogP contribution >= 0.6 is 0 Å². The Balaban J connectivity index is 0.000000370. The zero-order valence-electron chi connectivity index (χ0n) is 15.5. The fraction of sp³-hybridized carbons (Fsp3) is 0.500. The number of anilines is 1. The minimum absolute atomic E-state index is 0.0590. The fourth-order valence-corrected chi connectivity index (χ4v) is 2.93. The molecule has 3 N–H and O–H groups in total. The normalized spacial score (nSPS) is 17.5. The van der Waals surface area contributed by atoms with E-state index >= 15 is 0 Å². The maximum atomic E-state index is 12.2. The second-order valence-electron chi connectivity index (χ2n) is 6.61. The number of carboxylic acid groups (broad SMARTS) is 1. The Kier molecular flexibility index (Phi) is 7.41. The van der Waals surface area contributed by atoms with E-state index in [9.17, 15) is 18.0 Å². The molecule has 0 bridgehead atoms. The number of alkyl halides is 3. The Morgan fingerprint density at radius 3 is 2.48 bits per heavy atom. The molecule has 0 aromatic heterocycles. The first-order chi connectivity index (χ1) is 13.6. The van der Waals surface area contributed by atoms with E-state index in [2.05, 4.69) is 11.0 Å². The number of carboxylic acids is 1. The molecule has 11 heteroatoms. The highest BCUT2D eigenvalue weighted by atomic mass is 19.4. The van der Waals surface area contributed by atoms with E-state index in [1.165, 1.54) is 0 Å². The van der Waals surface area contributed by atoms with Gasteiger partial charge in [0.25, 0.3) is 5.91 Å². The van der Waals surface area contributed by atoms with Crippen LogP contribution in [0.25, 0.3) is 0 Å². The molecular formula is C18H21F3N4O4. The van der Waals surface area contributed by atoms with Crippen molar-refractivity contribution >= 4 is 17.6 Å². The summed E-state index contributed by atoms with van der Waals surface area (Å²) in [5, 5.41) is 16.2. The van der Waals surface area contributed by atoms with Gasteiger partial charge in [-0.25, -0.2) is 4.79 Å². The molecule has 1 amide bonds. The van der Waals surface area contributed by atoms with Gasteiger partial charge >= 0.3 is 12.1 Å². The predicted molar refractivity (Wildman–Crippen MR) is 96.3 cm³/mol. The minimum Gasteiger partial charge on any atom is -0.482 e. The minimum atomic E-state index is -5.08. The van der Waals surface area contributed by atoms with Gasteiger partial charge in [-0.1, -0.05) is 0 Å². The highest BCUT2D eigenvalue weighted by Gasteiger charge is 2.38. The molecule has 29 heavy (non-hydrogen) atoms. The number of hydrogen-bond donors (Lipinski definition) is 2. The van der Waals surface area contributed by atoms with Crippen molar-refractivity contribution in [2.45, 2.75) is 25.1 Å². The molecule has 0 radical (unpaired) electrons. The number of rotatable bonds is 3. The molecule has 0 unspecified atom stereocenters. The van der Waals surface area contributed by atoms with Crippen molar-refractivity contribution in [1.29, 1.82) is 5.26 Å². The average molecular weight is 414 g/mol. The molecule has 0 aliphatic carbocycles. The summed E-state index contributed by atoms with van der Waals surface area (Å²) in [7, 11) is 0. The molecule has 3 rings (SSSR count). The topological polar surface area (TPSA) is 120 Å². The second kappa shape index (κ2) is 9.58. The number of carbonyl (C=O) groups is 2. The SMILES string of the molecule is N#Cc1ccc2c(c1)N(CCN1CCC(N)CC1)C(=O)CO2.O=C(O)C(F)(F)F. The molecule has 0 spiro atoms. The van der Waals surface area contributed by atoms with Gasteiger partial charge in [-0.3, -0.25) is 4.79 Å². The van der Waals surface area contributed by atoms with Gasteiger partial charge in [0.05, 0.1) is 17.3 Å². The Hall–Kier alpha value is -2.84. The predicted octanol–water partition coefficient (Wildman–Crippen LogP) is 1.34. The van der Waals surface area contributed by atoms with Crippen molar-refractivity contribution in [3.63, 3.8) is 0 Å². The van der Waals surface area contributed by atoms with Crippen LogP contribution in [0.5, 0.6) is 5.75 Å². The van der Waals surface area contributed by atoms with Crippen molar-refractivity contribution in [2.24, 2.45) is 5.73 Å². The number of nitriles is 1. The van der Waals surface area contributed by atoms with Crippen LogP contribution in [-0.2, 0) is 9.59 Å². The van der Waals surface area contributed by atoms with E-state index in [1.807, 2.05) is 0 Å². The first-order valence-corrected chi connectivity index (χ1v) is 8.87. The molecular weight excluding hydrogens is 393 g/mol. The van der Waals surface area contributed by atoms with Crippen LogP contribution in [-0.4, -0.2) is 66.9 Å². The quantitative estimate of drug-likeness (QED) is 0.766. The molecule has 2 aliphatic heterocycles. The summed E-state index contributed by atoms with van der Waals surface area (Å²) >= 11 is 0. The summed E-state index contributed by atoms with van der Waals surface area (Å²) in [5.41, 5.74) is 7.15. The molecule has 158 valence electrons. The third-order valence-electron chi connectivity index (χ3n) is 4.55. The molecule has 1 aromatic carbocycles. The largest absolute Gasteiger partial charge is 0.490 e. The van der Waals surface area contributed by atoms with E-state index < -0.39 is 12.1 Å². The van der Waals surface area contributed by atoms with Crippen LogP contribution < -0.4 is 15.4 Å². The Morgan fingerprint density at radius 1 is 1.31 bits per heavy atom. The zero-order valence-corrected chi connectivity index (χ0v) is 15.5. The van der Waals surface area contributed by atoms with Gasteiger partial charge in [-0.15, -0.1) is 0 Å². The van der Waals surface area contributed by atoms with Crippen LogP contribution in [0.3, 0.4) is 0 Å². The number of likely N-dealkylation sites (tertiary alicyclic amines) is 1. The Labute approximate surface area is 165 Å². The number of aliphatic carboxylic acids is 1. The monoisotopic (exact) mass is 414 g/mol. The number of carbonyl (C=O) groups excluding carboxylic acids is 1. The highest BCUT2D eigenvalue weighted by molar-refractivity contribution is 5.98. The smallest absolute Gasteiger partial charge is 0.482 e. The van der Waals surface area contributed by atoms with Gasteiger partial charge in [-0.05, 0) is 44.1 Å². The number of ether oxygens (including phenoxy) is 1. The van der Waals surface area contributed by atoms with Gasteiger partial charge in [0.2, 0.25) is 0 Å². The number of nitrogens with two attached hydrogens (primary N) is 1. The molecule has 2 heterocycles. The summed E-state index contributed by atoms with van der Waals surface area (Å²) in [6.07, 6.45) is -3.07. The maximum absolute atomic E-state index is 12.2. The lowest BCUT2D eigenvalue weighted by atomic mass is 10.1. The van der Waals surface area contributed by atoms with E-state index in [1.54, 1.807) is 23.1 Å². The second-order valence-corrected chi connectivity index (χ2v) is 6.61. The number of halogens is 3. The van der Waals surface area contributed by atoms with Gasteiger partial charge in [0, 0.05) is 19.1 Å². The number of hydrogen-bond acceptors (Lipinski definition) is 6. The summed E-state index contributed by atoms with van der Waals surface area (Å²) in [4.78, 5) is 25.1. The van der Waals surface area contributed by atoms with Gasteiger partial charge in [0.15, 0.2) is 6.61 Å². The molecule has 1 aromatic rings.